The number of thioether (sulfide) groups is 1. The molecular weight excluding hydrogens is 390 g/mol. The van der Waals surface area contributed by atoms with Gasteiger partial charge in [0.25, 0.3) is 5.56 Å². The van der Waals surface area contributed by atoms with Crippen molar-refractivity contribution in [2.75, 3.05) is 0 Å². The molecule has 3 aromatic heterocycles. The molecule has 0 fully saturated rings. The van der Waals surface area contributed by atoms with Crippen LogP contribution in [0.2, 0.25) is 0 Å². The lowest BCUT2D eigenvalue weighted by Crippen LogP contribution is -2.23. The Balaban J connectivity index is 1.72. The van der Waals surface area contributed by atoms with E-state index in [1.807, 2.05) is 6.92 Å². The van der Waals surface area contributed by atoms with E-state index in [0.29, 0.717) is 17.6 Å². The Hall–Kier alpha value is -1.74. The number of aromatic nitrogens is 4. The Labute approximate surface area is 163 Å². The van der Waals surface area contributed by atoms with E-state index in [-0.39, 0.29) is 17.1 Å². The van der Waals surface area contributed by atoms with Gasteiger partial charge in [-0.25, -0.2) is 9.97 Å². The first-order valence-corrected chi connectivity index (χ1v) is 10.8. The monoisotopic (exact) mass is 410 g/mol. The van der Waals surface area contributed by atoms with Crippen LogP contribution < -0.4 is 5.56 Å². The van der Waals surface area contributed by atoms with Crippen molar-refractivity contribution in [1.29, 1.82) is 0 Å². The molecule has 0 radical (unpaired) electrons. The first kappa shape index (κ1) is 18.6. The molecule has 0 bridgehead atoms. The largest absolute Gasteiger partial charge is 0.319 e. The van der Waals surface area contributed by atoms with E-state index in [1.54, 1.807) is 15.9 Å². The minimum Gasteiger partial charge on any atom is -0.287 e. The van der Waals surface area contributed by atoms with Gasteiger partial charge in [-0.1, -0.05) is 18.7 Å². The van der Waals surface area contributed by atoms with E-state index in [0.717, 1.165) is 39.6 Å². The second-order valence-corrected chi connectivity index (χ2v) is 8.82. The second-order valence-electron chi connectivity index (χ2n) is 6.79. The van der Waals surface area contributed by atoms with E-state index >= 15 is 0 Å². The van der Waals surface area contributed by atoms with Crippen molar-refractivity contribution >= 4 is 33.3 Å². The Kier molecular flexibility index (Phi) is 5.07. The van der Waals surface area contributed by atoms with Crippen LogP contribution in [-0.2, 0) is 25.1 Å². The third-order valence-corrected chi connectivity index (χ3v) is 7.11. The van der Waals surface area contributed by atoms with Gasteiger partial charge in [0.05, 0.1) is 11.1 Å². The van der Waals surface area contributed by atoms with Gasteiger partial charge in [-0.05, 0) is 37.7 Å². The molecule has 3 heterocycles. The lowest BCUT2D eigenvalue weighted by molar-refractivity contribution is 0.0678. The number of hydrogen-bond donors (Lipinski definition) is 0. The topological polar surface area (TPSA) is 52.7 Å². The fraction of sp³-hybridized carbons (Fsp3) is 0.500. The number of halogens is 2. The zero-order valence-electron chi connectivity index (χ0n) is 15.1. The number of nitrogens with zero attached hydrogens (tertiary/aromatic N) is 4. The Bertz CT molecular complexity index is 1040. The lowest BCUT2D eigenvalue weighted by Gasteiger charge is -2.17. The number of alkyl halides is 2. The lowest BCUT2D eigenvalue weighted by atomic mass is 9.89. The van der Waals surface area contributed by atoms with Crippen molar-refractivity contribution < 1.29 is 8.78 Å². The SMILES string of the molecule is CCn1c(SCc2nccn2C(F)F)nc2sc3c(c2c1=O)CCC(C)C3. The highest BCUT2D eigenvalue weighted by molar-refractivity contribution is 7.98. The maximum Gasteiger partial charge on any atom is 0.319 e. The summed E-state index contributed by atoms with van der Waals surface area (Å²) in [5.74, 6) is 1.13. The quantitative estimate of drug-likeness (QED) is 0.459. The maximum absolute atomic E-state index is 13.1. The summed E-state index contributed by atoms with van der Waals surface area (Å²) < 4.78 is 28.5. The molecule has 5 nitrogen and oxygen atoms in total. The summed E-state index contributed by atoms with van der Waals surface area (Å²) in [6.07, 6.45) is 5.64. The van der Waals surface area contributed by atoms with Crippen LogP contribution in [0.3, 0.4) is 0 Å². The molecular formula is C18H20F2N4OS2. The van der Waals surface area contributed by atoms with Gasteiger partial charge in [-0.2, -0.15) is 8.78 Å². The minimum atomic E-state index is -2.63. The first-order chi connectivity index (χ1) is 13.0. The molecule has 0 saturated heterocycles. The number of imidazole rings is 1. The molecule has 1 aliphatic rings. The average molecular weight is 411 g/mol. The van der Waals surface area contributed by atoms with Crippen LogP contribution in [0, 0.1) is 5.92 Å². The molecule has 0 N–H and O–H groups in total. The zero-order chi connectivity index (χ0) is 19.1. The molecule has 1 aliphatic carbocycles. The number of aryl methyl sites for hydroxylation is 1. The Morgan fingerprint density at radius 2 is 2.26 bits per heavy atom. The number of hydrogen-bond acceptors (Lipinski definition) is 5. The standard InChI is InChI=1S/C18H20F2N4OS2/c1-3-23-16(25)14-11-5-4-10(2)8-12(11)27-15(14)22-18(23)26-9-13-21-6-7-24(13)17(19)20/h6-7,10,17H,3-5,8-9H2,1-2H3. The van der Waals surface area contributed by atoms with Crippen LogP contribution in [0.5, 0.6) is 0 Å². The van der Waals surface area contributed by atoms with E-state index in [4.69, 9.17) is 4.98 Å². The van der Waals surface area contributed by atoms with Crippen LogP contribution in [0.15, 0.2) is 22.3 Å². The van der Waals surface area contributed by atoms with Crippen LogP contribution in [-0.4, -0.2) is 19.1 Å². The van der Waals surface area contributed by atoms with Gasteiger partial charge in [0, 0.05) is 23.8 Å². The molecule has 1 atom stereocenters. The molecule has 9 heteroatoms. The van der Waals surface area contributed by atoms with Gasteiger partial charge in [-0.3, -0.25) is 13.9 Å². The molecule has 0 spiro atoms. The van der Waals surface area contributed by atoms with Crippen molar-refractivity contribution in [3.8, 4) is 0 Å². The summed E-state index contributed by atoms with van der Waals surface area (Å²) in [6, 6.07) is 0. The predicted molar refractivity (Wildman–Crippen MR) is 104 cm³/mol. The van der Waals surface area contributed by atoms with E-state index in [9.17, 15) is 13.6 Å². The van der Waals surface area contributed by atoms with E-state index in [2.05, 4.69) is 11.9 Å². The fourth-order valence-corrected chi connectivity index (χ4v) is 5.99. The summed E-state index contributed by atoms with van der Waals surface area (Å²) in [6.45, 7) is 2.00. The highest BCUT2D eigenvalue weighted by Gasteiger charge is 2.24. The normalized spacial score (nSPS) is 17.0. The smallest absolute Gasteiger partial charge is 0.287 e. The summed E-state index contributed by atoms with van der Waals surface area (Å²) >= 11 is 2.88. The summed E-state index contributed by atoms with van der Waals surface area (Å²) in [7, 11) is 0. The van der Waals surface area contributed by atoms with Gasteiger partial charge >= 0.3 is 6.55 Å². The predicted octanol–water partition coefficient (Wildman–Crippen LogP) is 4.49. The molecule has 1 unspecified atom stereocenters. The number of thiophene rings is 1. The van der Waals surface area contributed by atoms with Gasteiger partial charge in [-0.15, -0.1) is 11.3 Å². The highest BCUT2D eigenvalue weighted by atomic mass is 32.2. The summed E-state index contributed by atoms with van der Waals surface area (Å²) in [4.78, 5) is 23.9. The van der Waals surface area contributed by atoms with Crippen LogP contribution in [0.25, 0.3) is 10.2 Å². The zero-order valence-corrected chi connectivity index (χ0v) is 16.7. The fourth-order valence-electron chi connectivity index (χ4n) is 3.56. The summed E-state index contributed by atoms with van der Waals surface area (Å²) in [5.41, 5.74) is 1.15. The third-order valence-electron chi connectivity index (χ3n) is 4.99. The van der Waals surface area contributed by atoms with Gasteiger partial charge < -0.3 is 0 Å². The van der Waals surface area contributed by atoms with Gasteiger partial charge in [0.1, 0.15) is 10.7 Å². The van der Waals surface area contributed by atoms with E-state index in [1.165, 1.54) is 29.0 Å². The van der Waals surface area contributed by atoms with Crippen molar-refractivity contribution in [3.63, 3.8) is 0 Å². The first-order valence-electron chi connectivity index (χ1n) is 8.97. The van der Waals surface area contributed by atoms with Crippen LogP contribution >= 0.6 is 23.1 Å². The molecule has 0 aromatic carbocycles. The maximum atomic E-state index is 13.1. The molecule has 0 aliphatic heterocycles. The van der Waals surface area contributed by atoms with Crippen molar-refractivity contribution in [3.05, 3.63) is 39.0 Å². The number of fused-ring (bicyclic) bond motifs is 3. The van der Waals surface area contributed by atoms with Crippen LogP contribution in [0.1, 0.15) is 43.1 Å². The Morgan fingerprint density at radius 1 is 1.44 bits per heavy atom. The third kappa shape index (κ3) is 3.31. The molecule has 0 amide bonds. The average Bonchev–Trinajstić information content (AvgIpc) is 3.23. The van der Waals surface area contributed by atoms with Gasteiger partial charge in [0.15, 0.2) is 5.16 Å². The van der Waals surface area contributed by atoms with Crippen molar-refractivity contribution in [2.24, 2.45) is 5.92 Å². The molecule has 4 rings (SSSR count). The highest BCUT2D eigenvalue weighted by Crippen LogP contribution is 2.36. The van der Waals surface area contributed by atoms with E-state index < -0.39 is 6.55 Å². The molecule has 27 heavy (non-hydrogen) atoms. The second kappa shape index (κ2) is 7.35. The van der Waals surface area contributed by atoms with Crippen LogP contribution in [0.4, 0.5) is 8.78 Å². The van der Waals surface area contributed by atoms with Gasteiger partial charge in [0.2, 0.25) is 0 Å². The molecule has 144 valence electrons. The molecule has 0 saturated carbocycles. The van der Waals surface area contributed by atoms with Crippen molar-refractivity contribution in [2.45, 2.75) is 57.1 Å². The Morgan fingerprint density at radius 3 is 3.00 bits per heavy atom. The van der Waals surface area contributed by atoms with Crippen molar-refractivity contribution in [1.82, 2.24) is 19.1 Å². The summed E-state index contributed by atoms with van der Waals surface area (Å²) in [5, 5.41) is 1.31. The molecule has 3 aromatic rings. The number of rotatable bonds is 5. The minimum absolute atomic E-state index is 0.0192.